The molecule has 3 aliphatic rings. The molecule has 0 aromatic heterocycles. The van der Waals surface area contributed by atoms with E-state index in [1.165, 1.54) is 199 Å². The lowest BCUT2D eigenvalue weighted by Gasteiger charge is -2.50. The van der Waals surface area contributed by atoms with E-state index in [9.17, 15) is 74.6 Å². The van der Waals surface area contributed by atoms with Gasteiger partial charge in [-0.1, -0.05) is 369 Å². The SMILES string of the molecule is CCCCCCCCCCCCCCCCCCC(=O)OC(COC(=O)CCCCCCCCCCCCCCC)COP(=O)(O)OC1C(OC2OC(CO)C(O)C(O)C2O)C(O)C(O)C(OC(=O)CCCCCCCCCCCCCCC)C1OC1OC(COC(=O)CCCCCCCCC(C)CCCCCCCC)C(O)C(O)C1O. The lowest BCUT2D eigenvalue weighted by Crippen LogP contribution is -2.70. The van der Waals surface area contributed by atoms with Crippen LogP contribution in [0.25, 0.3) is 0 Å². The Labute approximate surface area is 706 Å². The number of carbonyl (C=O) groups excluding carboxylic acids is 4. The second kappa shape index (κ2) is 69.7. The van der Waals surface area contributed by atoms with Gasteiger partial charge < -0.3 is 88.7 Å². The molecule has 26 heteroatoms. The molecule has 3 rings (SSSR count). The van der Waals surface area contributed by atoms with Crippen molar-refractivity contribution in [1.82, 2.24) is 0 Å². The highest BCUT2D eigenvalue weighted by molar-refractivity contribution is 7.47. The number of phosphoric acid groups is 1. The molecule has 3 fully saturated rings. The van der Waals surface area contributed by atoms with Gasteiger partial charge in [-0.15, -0.1) is 0 Å². The first-order chi connectivity index (χ1) is 56.6. The van der Waals surface area contributed by atoms with Crippen LogP contribution in [0.3, 0.4) is 0 Å². The fraction of sp³-hybridized carbons (Fsp3) is 0.956. The summed E-state index contributed by atoms with van der Waals surface area (Å²) in [6, 6.07) is 0. The third kappa shape index (κ3) is 50.3. The van der Waals surface area contributed by atoms with Crippen LogP contribution < -0.4 is 0 Å². The van der Waals surface area contributed by atoms with Crippen molar-refractivity contribution in [3.8, 4) is 0 Å². The van der Waals surface area contributed by atoms with E-state index in [-0.39, 0.29) is 25.7 Å². The summed E-state index contributed by atoms with van der Waals surface area (Å²) >= 11 is 0. The van der Waals surface area contributed by atoms with Gasteiger partial charge in [0, 0.05) is 25.7 Å². The number of ether oxygens (including phenoxy) is 8. The third-order valence-corrected chi connectivity index (χ3v) is 24.7. The van der Waals surface area contributed by atoms with Gasteiger partial charge in [0.2, 0.25) is 0 Å². The lowest BCUT2D eigenvalue weighted by molar-refractivity contribution is -0.360. The average Bonchev–Trinajstić information content (AvgIpc) is 0.754. The van der Waals surface area contributed by atoms with E-state index in [0.29, 0.717) is 38.0 Å². The normalized spacial score (nSPS) is 25.3. The maximum Gasteiger partial charge on any atom is 0.472 e. The molecule has 25 nitrogen and oxygen atoms in total. The van der Waals surface area contributed by atoms with Crippen LogP contribution in [0.5, 0.6) is 0 Å². The highest BCUT2D eigenvalue weighted by Gasteiger charge is 2.60. The van der Waals surface area contributed by atoms with Gasteiger partial charge in [-0.3, -0.25) is 28.2 Å². The van der Waals surface area contributed by atoms with Crippen molar-refractivity contribution in [2.75, 3.05) is 26.4 Å². The number of hydrogen-bond acceptors (Lipinski definition) is 24. The molecule has 690 valence electrons. The first-order valence-corrected chi connectivity index (χ1v) is 49.2. The highest BCUT2D eigenvalue weighted by Crippen LogP contribution is 2.49. The monoisotopic (exact) mass is 1700 g/mol. The second-order valence-corrected chi connectivity index (χ2v) is 35.9. The summed E-state index contributed by atoms with van der Waals surface area (Å²) in [6.07, 6.45) is 25.3. The van der Waals surface area contributed by atoms with E-state index < -0.39 is 162 Å². The number of phosphoric ester groups is 1. The van der Waals surface area contributed by atoms with E-state index in [1.54, 1.807) is 0 Å². The van der Waals surface area contributed by atoms with Crippen molar-refractivity contribution >= 4 is 31.7 Å². The molecule has 0 radical (unpaired) electrons. The Morgan fingerprint density at radius 3 is 1.02 bits per heavy atom. The van der Waals surface area contributed by atoms with Crippen LogP contribution in [0, 0.1) is 5.92 Å². The molecule has 117 heavy (non-hydrogen) atoms. The number of unbranched alkanes of at least 4 members (excludes halogenated alkanes) is 49. The van der Waals surface area contributed by atoms with Crippen LogP contribution in [-0.2, 0) is 70.7 Å². The zero-order valence-corrected chi connectivity index (χ0v) is 74.6. The average molecular weight is 1700 g/mol. The summed E-state index contributed by atoms with van der Waals surface area (Å²) in [5.74, 6) is -2.26. The van der Waals surface area contributed by atoms with Gasteiger partial charge >= 0.3 is 31.7 Å². The summed E-state index contributed by atoms with van der Waals surface area (Å²) < 4.78 is 73.5. The van der Waals surface area contributed by atoms with Crippen molar-refractivity contribution in [3.63, 3.8) is 0 Å². The molecule has 0 spiro atoms. The molecule has 0 amide bonds. The zero-order valence-electron chi connectivity index (χ0n) is 73.7. The first kappa shape index (κ1) is 109. The van der Waals surface area contributed by atoms with Crippen LogP contribution >= 0.6 is 7.82 Å². The van der Waals surface area contributed by atoms with E-state index in [1.807, 2.05) is 0 Å². The van der Waals surface area contributed by atoms with Crippen molar-refractivity contribution < 1.29 is 122 Å². The summed E-state index contributed by atoms with van der Waals surface area (Å²) in [6.45, 7) is 7.95. The number of esters is 4. The number of hydrogen-bond donors (Lipinski definition) is 10. The van der Waals surface area contributed by atoms with Gasteiger partial charge in [-0.2, -0.15) is 0 Å². The second-order valence-electron chi connectivity index (χ2n) is 34.5. The summed E-state index contributed by atoms with van der Waals surface area (Å²) in [5, 5.41) is 102. The fourth-order valence-corrected chi connectivity index (χ4v) is 17.1. The van der Waals surface area contributed by atoms with Crippen molar-refractivity contribution in [2.24, 2.45) is 5.92 Å². The quantitative estimate of drug-likeness (QED) is 0.0117. The number of carbonyl (C=O) groups is 4. The van der Waals surface area contributed by atoms with Gasteiger partial charge in [0.1, 0.15) is 92.6 Å². The number of aliphatic hydroxyl groups is 9. The summed E-state index contributed by atoms with van der Waals surface area (Å²) in [4.78, 5) is 66.5. The van der Waals surface area contributed by atoms with E-state index in [4.69, 9.17) is 46.9 Å². The number of rotatable bonds is 77. The van der Waals surface area contributed by atoms with Crippen LogP contribution in [0.2, 0.25) is 0 Å². The molecule has 2 saturated heterocycles. The van der Waals surface area contributed by atoms with Gasteiger partial charge in [0.15, 0.2) is 24.8 Å². The van der Waals surface area contributed by atoms with Crippen LogP contribution in [-0.4, -0.2) is 205 Å². The molecule has 1 saturated carbocycles. The lowest BCUT2D eigenvalue weighted by atomic mass is 9.84. The molecule has 0 bridgehead atoms. The van der Waals surface area contributed by atoms with Crippen molar-refractivity contribution in [1.29, 1.82) is 0 Å². The minimum absolute atomic E-state index is 0.0173. The smallest absolute Gasteiger partial charge is 0.463 e. The van der Waals surface area contributed by atoms with E-state index in [2.05, 4.69) is 34.6 Å². The Bertz CT molecular complexity index is 2450. The maximum atomic E-state index is 14.9. The molecule has 2 heterocycles. The highest BCUT2D eigenvalue weighted by atomic mass is 31.2. The largest absolute Gasteiger partial charge is 0.472 e. The molecule has 19 atom stereocenters. The Morgan fingerprint density at radius 1 is 0.333 bits per heavy atom. The first-order valence-electron chi connectivity index (χ1n) is 47.7. The predicted octanol–water partition coefficient (Wildman–Crippen LogP) is 17.6. The summed E-state index contributed by atoms with van der Waals surface area (Å²) in [5.41, 5.74) is 0. The molecule has 0 aromatic rings. The van der Waals surface area contributed by atoms with Crippen molar-refractivity contribution in [3.05, 3.63) is 0 Å². The zero-order chi connectivity index (χ0) is 85.5. The minimum Gasteiger partial charge on any atom is -0.463 e. The molecular formula is C91H171O25P. The summed E-state index contributed by atoms with van der Waals surface area (Å²) in [7, 11) is -5.80. The van der Waals surface area contributed by atoms with Gasteiger partial charge in [0.05, 0.1) is 13.2 Å². The van der Waals surface area contributed by atoms with Gasteiger partial charge in [0.25, 0.3) is 0 Å². The van der Waals surface area contributed by atoms with Crippen LogP contribution in [0.15, 0.2) is 0 Å². The Kier molecular flexibility index (Phi) is 64.8. The Hall–Kier alpha value is -2.53. The molecule has 19 unspecified atom stereocenters. The topological polar surface area (TPSA) is 380 Å². The van der Waals surface area contributed by atoms with Crippen LogP contribution in [0.4, 0.5) is 0 Å². The van der Waals surface area contributed by atoms with Crippen LogP contribution in [0.1, 0.15) is 420 Å². The predicted molar refractivity (Wildman–Crippen MR) is 453 cm³/mol. The minimum atomic E-state index is -5.80. The Balaban J connectivity index is 1.91. The third-order valence-electron chi connectivity index (χ3n) is 23.8. The number of aliphatic hydroxyl groups excluding tert-OH is 9. The maximum absolute atomic E-state index is 14.9. The molecule has 10 N–H and O–H groups in total. The van der Waals surface area contributed by atoms with E-state index in [0.717, 1.165) is 128 Å². The molecule has 0 aromatic carbocycles. The fourth-order valence-electron chi connectivity index (χ4n) is 16.1. The standard InChI is InChI=1S/C91H171O25P/c1-6-10-14-18-22-25-28-31-32-33-36-39-41-44-52-58-64-76(95)110-71(67-107-74(93)62-56-50-43-40-37-34-29-26-23-19-15-11-7-2)68-109-117(105,106)116-89-87(114-90-84(103)80(99)78(97)72(66-92)111-90)83(102)82(101)86(113-77(96)65-59-53-45-42-38-35-30-27-24-20-16-12-8-3)88(89)115-91-85(104)81(100)79(98)73(112-91)69-108-75(94)63-57-51-47-46-49-55-61-70(5)60-54-48-21-17-13-9-4/h70-73,78-92,97-104H,6-69H2,1-5H3,(H,105,106). The van der Waals surface area contributed by atoms with Gasteiger partial charge in [-0.05, 0) is 31.6 Å². The molecule has 1 aliphatic carbocycles. The Morgan fingerprint density at radius 2 is 0.641 bits per heavy atom. The van der Waals surface area contributed by atoms with Gasteiger partial charge in [-0.25, -0.2) is 4.57 Å². The molecular weight excluding hydrogens is 1520 g/mol. The van der Waals surface area contributed by atoms with E-state index >= 15 is 0 Å². The van der Waals surface area contributed by atoms with Crippen molar-refractivity contribution in [2.45, 2.75) is 524 Å². The molecule has 2 aliphatic heterocycles.